The van der Waals surface area contributed by atoms with E-state index in [2.05, 4.69) is 26.3 Å². The summed E-state index contributed by atoms with van der Waals surface area (Å²) in [4.78, 5) is 35.4. The van der Waals surface area contributed by atoms with Gasteiger partial charge in [0, 0.05) is 13.8 Å². The van der Waals surface area contributed by atoms with Gasteiger partial charge in [-0.05, 0) is 45.8 Å². The van der Waals surface area contributed by atoms with Crippen LogP contribution in [0.3, 0.4) is 0 Å². The quantitative estimate of drug-likeness (QED) is 0.556. The number of nitrogens with one attached hydrogen (secondary N) is 1. The smallest absolute Gasteiger partial charge is 0.343 e. The molecule has 0 saturated heterocycles. The Kier molecular flexibility index (Phi) is 6.15. The summed E-state index contributed by atoms with van der Waals surface area (Å²) in [5, 5.41) is 7.97. The molecule has 1 aliphatic rings. The molecule has 1 heterocycles. The van der Waals surface area contributed by atoms with E-state index in [0.29, 0.717) is 21.0 Å². The molecule has 3 rings (SSSR count). The van der Waals surface area contributed by atoms with Crippen LogP contribution < -0.4 is 10.1 Å². The van der Waals surface area contributed by atoms with Crippen LogP contribution in [-0.2, 0) is 9.59 Å². The summed E-state index contributed by atoms with van der Waals surface area (Å²) in [6.07, 6.45) is 0. The minimum atomic E-state index is -0.467. The first-order valence-electron chi connectivity index (χ1n) is 8.24. The average Bonchev–Trinajstić information content (AvgIpc) is 3.07. The molecule has 144 valence electrons. The molecule has 0 aliphatic carbocycles. The van der Waals surface area contributed by atoms with Gasteiger partial charge < -0.3 is 10.1 Å². The Labute approximate surface area is 174 Å². The van der Waals surface area contributed by atoms with E-state index < -0.39 is 11.3 Å². The van der Waals surface area contributed by atoms with Crippen LogP contribution in [0, 0.1) is 0 Å². The second-order valence-electron chi connectivity index (χ2n) is 5.87. The number of hydrogen-bond acceptors (Lipinski definition) is 6. The maximum absolute atomic E-state index is 12.2. The number of esters is 1. The third-order valence-corrected chi connectivity index (χ3v) is 5.42. The van der Waals surface area contributed by atoms with Crippen molar-refractivity contribution >= 4 is 50.6 Å². The summed E-state index contributed by atoms with van der Waals surface area (Å²) < 4.78 is 6.00. The number of rotatable bonds is 3. The number of ether oxygens (including phenoxy) is 1. The van der Waals surface area contributed by atoms with Gasteiger partial charge >= 0.3 is 5.97 Å². The van der Waals surface area contributed by atoms with Gasteiger partial charge in [-0.1, -0.05) is 36.0 Å². The molecule has 1 aliphatic heterocycles. The van der Waals surface area contributed by atoms with Gasteiger partial charge in [-0.15, -0.1) is 5.10 Å². The van der Waals surface area contributed by atoms with Crippen LogP contribution in [0.4, 0.5) is 0 Å². The van der Waals surface area contributed by atoms with Crippen molar-refractivity contribution in [3.05, 3.63) is 64.1 Å². The van der Waals surface area contributed by atoms with Gasteiger partial charge in [0.15, 0.2) is 5.17 Å². The fourth-order valence-electron chi connectivity index (χ4n) is 2.47. The molecule has 2 amide bonds. The highest BCUT2D eigenvalue weighted by Crippen LogP contribution is 2.41. The normalized spacial score (nSPS) is 15.8. The number of carbonyl (C=O) groups excluding carboxylic acids is 3. The first kappa shape index (κ1) is 20.1. The molecule has 0 aromatic heterocycles. The molecule has 2 aromatic carbocycles. The van der Waals surface area contributed by atoms with Gasteiger partial charge in [-0.25, -0.2) is 9.80 Å². The molecule has 7 nitrogen and oxygen atoms in total. The lowest BCUT2D eigenvalue weighted by Gasteiger charge is -2.20. The first-order valence-corrected chi connectivity index (χ1v) is 9.91. The van der Waals surface area contributed by atoms with Gasteiger partial charge in [0.05, 0.1) is 10.0 Å². The Morgan fingerprint density at radius 2 is 1.86 bits per heavy atom. The summed E-state index contributed by atoms with van der Waals surface area (Å²) >= 11 is 4.66. The second kappa shape index (κ2) is 8.57. The van der Waals surface area contributed by atoms with Crippen LogP contribution in [0.1, 0.15) is 35.1 Å². The highest BCUT2D eigenvalue weighted by molar-refractivity contribution is 9.10. The van der Waals surface area contributed by atoms with Gasteiger partial charge in [-0.2, -0.15) is 0 Å². The molecule has 1 atom stereocenters. The average molecular weight is 462 g/mol. The van der Waals surface area contributed by atoms with E-state index in [1.54, 1.807) is 42.5 Å². The number of carbonyl (C=O) groups is 3. The second-order valence-corrected chi connectivity index (χ2v) is 7.79. The Morgan fingerprint density at radius 3 is 2.46 bits per heavy atom. The number of nitrogens with zero attached hydrogens (tertiary/aromatic N) is 2. The Bertz CT molecular complexity index is 965. The van der Waals surface area contributed by atoms with Crippen molar-refractivity contribution < 1.29 is 19.1 Å². The molecule has 1 unspecified atom stereocenters. The van der Waals surface area contributed by atoms with Gasteiger partial charge in [0.2, 0.25) is 11.8 Å². The van der Waals surface area contributed by atoms with Gasteiger partial charge in [-0.3, -0.25) is 9.59 Å². The standard InChI is InChI=1S/C19H16BrN3O4S/c1-11(24)21-19-22-23(12(2)25)17(28-19)14-8-9-16(15(20)10-14)27-18(26)13-6-4-3-5-7-13/h3-10,17H,1-2H3,(H,21,22,24). The molecule has 9 heteroatoms. The van der Waals surface area contributed by atoms with E-state index in [0.717, 1.165) is 5.56 Å². The van der Waals surface area contributed by atoms with Crippen LogP contribution in [0.2, 0.25) is 0 Å². The van der Waals surface area contributed by atoms with Crippen LogP contribution in [0.5, 0.6) is 5.75 Å². The fraction of sp³-hybridized carbons (Fsp3) is 0.158. The summed E-state index contributed by atoms with van der Waals surface area (Å²) in [6, 6.07) is 13.8. The van der Waals surface area contributed by atoms with Crippen molar-refractivity contribution in [1.29, 1.82) is 0 Å². The molecular weight excluding hydrogens is 446 g/mol. The van der Waals surface area contributed by atoms with Crippen LogP contribution in [-0.4, -0.2) is 28.0 Å². The van der Waals surface area contributed by atoms with E-state index >= 15 is 0 Å². The number of amidine groups is 1. The zero-order valence-corrected chi connectivity index (χ0v) is 17.4. The maximum atomic E-state index is 12.2. The minimum Gasteiger partial charge on any atom is -0.422 e. The molecule has 0 fully saturated rings. The molecular formula is C19H16BrN3O4S. The third-order valence-electron chi connectivity index (χ3n) is 3.70. The zero-order valence-electron chi connectivity index (χ0n) is 15.0. The van der Waals surface area contributed by atoms with E-state index in [-0.39, 0.29) is 11.8 Å². The number of halogens is 1. The number of hydrogen-bond donors (Lipinski definition) is 1. The highest BCUT2D eigenvalue weighted by atomic mass is 79.9. The predicted octanol–water partition coefficient (Wildman–Crippen LogP) is 3.67. The van der Waals surface area contributed by atoms with Crippen molar-refractivity contribution in [3.8, 4) is 5.75 Å². The van der Waals surface area contributed by atoms with E-state index in [9.17, 15) is 14.4 Å². The first-order chi connectivity index (χ1) is 13.3. The summed E-state index contributed by atoms with van der Waals surface area (Å²) in [5.41, 5.74) is 1.21. The Balaban J connectivity index is 1.79. The van der Waals surface area contributed by atoms with Gasteiger partial charge in [0.25, 0.3) is 0 Å². The van der Waals surface area contributed by atoms with E-state index in [1.807, 2.05) is 6.07 Å². The molecule has 2 aromatic rings. The van der Waals surface area contributed by atoms with Crippen molar-refractivity contribution in [2.24, 2.45) is 5.10 Å². The van der Waals surface area contributed by atoms with Crippen molar-refractivity contribution in [2.75, 3.05) is 0 Å². The summed E-state index contributed by atoms with van der Waals surface area (Å²) in [5.74, 6) is -0.628. The number of benzene rings is 2. The minimum absolute atomic E-state index is 0.256. The maximum Gasteiger partial charge on any atom is 0.343 e. The summed E-state index contributed by atoms with van der Waals surface area (Å²) in [7, 11) is 0. The van der Waals surface area contributed by atoms with Crippen molar-refractivity contribution in [3.63, 3.8) is 0 Å². The zero-order chi connectivity index (χ0) is 20.3. The molecule has 0 radical (unpaired) electrons. The summed E-state index contributed by atoms with van der Waals surface area (Å²) in [6.45, 7) is 2.78. The van der Waals surface area contributed by atoms with E-state index in [1.165, 1.54) is 30.6 Å². The number of thioether (sulfide) groups is 1. The van der Waals surface area contributed by atoms with Crippen LogP contribution in [0.15, 0.2) is 58.1 Å². The van der Waals surface area contributed by atoms with Crippen LogP contribution >= 0.6 is 27.7 Å². The molecule has 28 heavy (non-hydrogen) atoms. The predicted molar refractivity (Wildman–Crippen MR) is 110 cm³/mol. The Hall–Kier alpha value is -2.65. The number of amides is 2. The Morgan fingerprint density at radius 1 is 1.14 bits per heavy atom. The molecule has 0 saturated carbocycles. The van der Waals surface area contributed by atoms with E-state index in [4.69, 9.17) is 4.74 Å². The van der Waals surface area contributed by atoms with Crippen LogP contribution in [0.25, 0.3) is 0 Å². The monoisotopic (exact) mass is 461 g/mol. The SMILES string of the molecule is CC(=O)NC1=NN(C(C)=O)C(c2ccc(OC(=O)c3ccccc3)c(Br)c2)S1. The number of hydrazone groups is 1. The van der Waals surface area contributed by atoms with Gasteiger partial charge in [0.1, 0.15) is 11.1 Å². The lowest BCUT2D eigenvalue weighted by atomic mass is 10.2. The fourth-order valence-corrected chi connectivity index (χ4v) is 4.07. The molecule has 1 N–H and O–H groups in total. The molecule has 0 spiro atoms. The lowest BCUT2D eigenvalue weighted by molar-refractivity contribution is -0.129. The lowest BCUT2D eigenvalue weighted by Crippen LogP contribution is -2.25. The topological polar surface area (TPSA) is 88.1 Å². The van der Waals surface area contributed by atoms with Crippen molar-refractivity contribution in [2.45, 2.75) is 19.2 Å². The third kappa shape index (κ3) is 4.60. The largest absolute Gasteiger partial charge is 0.422 e. The van der Waals surface area contributed by atoms with Crippen molar-refractivity contribution in [1.82, 2.24) is 10.3 Å². The molecule has 0 bridgehead atoms. The highest BCUT2D eigenvalue weighted by Gasteiger charge is 2.32.